The van der Waals surface area contributed by atoms with Crippen LogP contribution < -0.4 is 14.8 Å². The standard InChI is InChI=1S/C11H13NO3/c13-8-12-4-3-9-1-2-10-11(7-9)15-6-5-14-10/h1-2,7-8H,3-6H2,(H,12,13). The molecule has 0 saturated heterocycles. The van der Waals surface area contributed by atoms with Gasteiger partial charge in [-0.1, -0.05) is 6.07 Å². The third-order valence-corrected chi connectivity index (χ3v) is 2.25. The normalized spacial score (nSPS) is 13.3. The van der Waals surface area contributed by atoms with Gasteiger partial charge in [-0.15, -0.1) is 0 Å². The third-order valence-electron chi connectivity index (χ3n) is 2.25. The second-order valence-corrected chi connectivity index (χ2v) is 3.30. The van der Waals surface area contributed by atoms with Gasteiger partial charge < -0.3 is 14.8 Å². The summed E-state index contributed by atoms with van der Waals surface area (Å²) in [5, 5.41) is 2.62. The number of rotatable bonds is 4. The molecule has 1 N–H and O–H groups in total. The maximum atomic E-state index is 10.1. The van der Waals surface area contributed by atoms with E-state index in [0.717, 1.165) is 23.5 Å². The van der Waals surface area contributed by atoms with Gasteiger partial charge >= 0.3 is 0 Å². The van der Waals surface area contributed by atoms with E-state index >= 15 is 0 Å². The summed E-state index contributed by atoms with van der Waals surface area (Å²) < 4.78 is 10.9. The molecule has 0 aliphatic carbocycles. The highest BCUT2D eigenvalue weighted by Crippen LogP contribution is 2.30. The van der Waals surface area contributed by atoms with Gasteiger partial charge in [0.05, 0.1) is 0 Å². The van der Waals surface area contributed by atoms with Gasteiger partial charge in [0.2, 0.25) is 6.41 Å². The number of benzene rings is 1. The van der Waals surface area contributed by atoms with Gasteiger partial charge in [0, 0.05) is 6.54 Å². The fourth-order valence-corrected chi connectivity index (χ4v) is 1.52. The Kier molecular flexibility index (Phi) is 3.07. The molecule has 0 atom stereocenters. The Labute approximate surface area is 88.2 Å². The predicted octanol–water partition coefficient (Wildman–Crippen LogP) is 0.746. The molecule has 15 heavy (non-hydrogen) atoms. The van der Waals surface area contributed by atoms with Crippen molar-refractivity contribution in [2.75, 3.05) is 19.8 Å². The van der Waals surface area contributed by atoms with Crippen molar-refractivity contribution in [1.82, 2.24) is 5.32 Å². The Morgan fingerprint density at radius 3 is 2.87 bits per heavy atom. The van der Waals surface area contributed by atoms with Crippen molar-refractivity contribution in [2.45, 2.75) is 6.42 Å². The zero-order valence-electron chi connectivity index (χ0n) is 8.36. The highest BCUT2D eigenvalue weighted by molar-refractivity contribution is 5.46. The zero-order chi connectivity index (χ0) is 10.5. The number of ether oxygens (including phenoxy) is 2. The first-order valence-corrected chi connectivity index (χ1v) is 4.96. The largest absolute Gasteiger partial charge is 0.486 e. The van der Waals surface area contributed by atoms with Crippen LogP contribution in [0.4, 0.5) is 0 Å². The van der Waals surface area contributed by atoms with Crippen molar-refractivity contribution >= 4 is 6.41 Å². The number of amides is 1. The maximum Gasteiger partial charge on any atom is 0.207 e. The Balaban J connectivity index is 2.03. The van der Waals surface area contributed by atoms with Crippen LogP contribution >= 0.6 is 0 Å². The molecule has 4 heteroatoms. The van der Waals surface area contributed by atoms with E-state index in [9.17, 15) is 4.79 Å². The molecule has 1 aliphatic heterocycles. The Bertz CT molecular complexity index is 352. The number of carbonyl (C=O) groups excluding carboxylic acids is 1. The molecule has 1 amide bonds. The van der Waals surface area contributed by atoms with Crippen LogP contribution in [0, 0.1) is 0 Å². The number of hydrogen-bond acceptors (Lipinski definition) is 3. The fourth-order valence-electron chi connectivity index (χ4n) is 1.52. The average molecular weight is 207 g/mol. The van der Waals surface area contributed by atoms with Gasteiger partial charge in [-0.05, 0) is 24.1 Å². The highest BCUT2D eigenvalue weighted by atomic mass is 16.6. The second-order valence-electron chi connectivity index (χ2n) is 3.30. The van der Waals surface area contributed by atoms with Crippen LogP contribution in [0.5, 0.6) is 11.5 Å². The molecule has 1 aromatic carbocycles. The van der Waals surface area contributed by atoms with Gasteiger partial charge in [0.15, 0.2) is 11.5 Å². The topological polar surface area (TPSA) is 47.6 Å². The highest BCUT2D eigenvalue weighted by Gasteiger charge is 2.11. The van der Waals surface area contributed by atoms with Gasteiger partial charge in [-0.25, -0.2) is 0 Å². The van der Waals surface area contributed by atoms with Crippen molar-refractivity contribution in [3.05, 3.63) is 23.8 Å². The predicted molar refractivity (Wildman–Crippen MR) is 55.2 cm³/mol. The summed E-state index contributed by atoms with van der Waals surface area (Å²) in [4.78, 5) is 10.1. The van der Waals surface area contributed by atoms with Crippen LogP contribution in [0.25, 0.3) is 0 Å². The molecule has 0 saturated carbocycles. The Morgan fingerprint density at radius 2 is 2.07 bits per heavy atom. The van der Waals surface area contributed by atoms with E-state index in [0.29, 0.717) is 26.2 Å². The van der Waals surface area contributed by atoms with Crippen LogP contribution in [0.3, 0.4) is 0 Å². The van der Waals surface area contributed by atoms with Crippen molar-refractivity contribution in [1.29, 1.82) is 0 Å². The molecular weight excluding hydrogens is 194 g/mol. The summed E-state index contributed by atoms with van der Waals surface area (Å²) >= 11 is 0. The molecule has 0 aromatic heterocycles. The molecular formula is C11H13NO3. The first-order chi connectivity index (χ1) is 7.40. The van der Waals surface area contributed by atoms with Crippen LogP contribution in [-0.4, -0.2) is 26.2 Å². The maximum absolute atomic E-state index is 10.1. The van der Waals surface area contributed by atoms with E-state index in [1.807, 2.05) is 18.2 Å². The first-order valence-electron chi connectivity index (χ1n) is 4.96. The lowest BCUT2D eigenvalue weighted by molar-refractivity contribution is -0.109. The fraction of sp³-hybridized carbons (Fsp3) is 0.364. The summed E-state index contributed by atoms with van der Waals surface area (Å²) in [5.74, 6) is 1.60. The van der Waals surface area contributed by atoms with E-state index in [-0.39, 0.29) is 0 Å². The monoisotopic (exact) mass is 207 g/mol. The summed E-state index contributed by atoms with van der Waals surface area (Å²) in [7, 11) is 0. The SMILES string of the molecule is O=CNCCc1ccc2c(c1)OCCO2. The number of carbonyl (C=O) groups is 1. The minimum atomic E-state index is 0.600. The molecule has 4 nitrogen and oxygen atoms in total. The summed E-state index contributed by atoms with van der Waals surface area (Å²) in [6, 6.07) is 5.85. The van der Waals surface area contributed by atoms with E-state index in [4.69, 9.17) is 9.47 Å². The van der Waals surface area contributed by atoms with Crippen molar-refractivity contribution in [3.63, 3.8) is 0 Å². The van der Waals surface area contributed by atoms with E-state index in [1.165, 1.54) is 0 Å². The van der Waals surface area contributed by atoms with Gasteiger partial charge in [-0.2, -0.15) is 0 Å². The third kappa shape index (κ3) is 2.40. The van der Waals surface area contributed by atoms with Crippen LogP contribution in [-0.2, 0) is 11.2 Å². The van der Waals surface area contributed by atoms with Gasteiger partial charge in [0.1, 0.15) is 13.2 Å². The summed E-state index contributed by atoms with van der Waals surface area (Å²) in [5.41, 5.74) is 1.13. The lowest BCUT2D eigenvalue weighted by Crippen LogP contribution is -2.16. The van der Waals surface area contributed by atoms with E-state index < -0.39 is 0 Å². The first kappa shape index (κ1) is 9.83. The average Bonchev–Trinajstić information content (AvgIpc) is 2.29. The molecule has 1 aromatic rings. The minimum Gasteiger partial charge on any atom is -0.486 e. The van der Waals surface area contributed by atoms with Crippen molar-refractivity contribution < 1.29 is 14.3 Å². The smallest absolute Gasteiger partial charge is 0.207 e. The molecule has 1 heterocycles. The zero-order valence-corrected chi connectivity index (χ0v) is 8.36. The minimum absolute atomic E-state index is 0.600. The van der Waals surface area contributed by atoms with E-state index in [1.54, 1.807) is 0 Å². The van der Waals surface area contributed by atoms with E-state index in [2.05, 4.69) is 5.32 Å². The molecule has 0 spiro atoms. The van der Waals surface area contributed by atoms with Crippen LogP contribution in [0.15, 0.2) is 18.2 Å². The molecule has 0 bridgehead atoms. The quantitative estimate of drug-likeness (QED) is 0.585. The molecule has 0 radical (unpaired) electrons. The second kappa shape index (κ2) is 4.68. The molecule has 0 fully saturated rings. The number of hydrogen-bond donors (Lipinski definition) is 1. The summed E-state index contributed by atoms with van der Waals surface area (Å²) in [6.07, 6.45) is 1.51. The van der Waals surface area contributed by atoms with Crippen LogP contribution in [0.2, 0.25) is 0 Å². The lowest BCUT2D eigenvalue weighted by atomic mass is 10.1. The summed E-state index contributed by atoms with van der Waals surface area (Å²) in [6.45, 7) is 1.85. The van der Waals surface area contributed by atoms with Gasteiger partial charge in [0.25, 0.3) is 0 Å². The number of nitrogens with one attached hydrogen (secondary N) is 1. The van der Waals surface area contributed by atoms with Gasteiger partial charge in [-0.3, -0.25) is 4.79 Å². The number of fused-ring (bicyclic) bond motifs is 1. The van der Waals surface area contributed by atoms with Crippen LogP contribution in [0.1, 0.15) is 5.56 Å². The molecule has 1 aliphatic rings. The van der Waals surface area contributed by atoms with Crippen molar-refractivity contribution in [2.24, 2.45) is 0 Å². The molecule has 80 valence electrons. The molecule has 0 unspecified atom stereocenters. The Hall–Kier alpha value is -1.71. The Morgan fingerprint density at radius 1 is 1.27 bits per heavy atom. The molecule has 2 rings (SSSR count). The van der Waals surface area contributed by atoms with Crippen molar-refractivity contribution in [3.8, 4) is 11.5 Å². The lowest BCUT2D eigenvalue weighted by Gasteiger charge is -2.18.